The van der Waals surface area contributed by atoms with Crippen molar-refractivity contribution in [2.45, 2.75) is 12.5 Å². The number of aliphatic hydroxyl groups excluding tert-OH is 1. The Balaban J connectivity index is 3.14. The highest BCUT2D eigenvalue weighted by Crippen LogP contribution is 2.36. The van der Waals surface area contributed by atoms with Gasteiger partial charge in [-0.1, -0.05) is 0 Å². The lowest BCUT2D eigenvalue weighted by molar-refractivity contribution is 0.160. The summed E-state index contributed by atoms with van der Waals surface area (Å²) in [6, 6.07) is 2.43. The van der Waals surface area contributed by atoms with Gasteiger partial charge in [0.2, 0.25) is 0 Å². The van der Waals surface area contributed by atoms with E-state index in [0.29, 0.717) is 0 Å². The molecule has 0 aliphatic carbocycles. The van der Waals surface area contributed by atoms with E-state index in [1.807, 2.05) is 0 Å². The summed E-state index contributed by atoms with van der Waals surface area (Å²) >= 11 is 0. The fourth-order valence-corrected chi connectivity index (χ4v) is 1.35. The van der Waals surface area contributed by atoms with Crippen LogP contribution < -0.4 is 10.5 Å². The molecule has 4 nitrogen and oxygen atoms in total. The van der Waals surface area contributed by atoms with Crippen LogP contribution in [0.2, 0.25) is 0 Å². The Labute approximate surface area is 87.1 Å². The summed E-state index contributed by atoms with van der Waals surface area (Å²) in [4.78, 5) is 0. The predicted molar refractivity (Wildman–Crippen MR) is 53.2 cm³/mol. The minimum atomic E-state index is -1.12. The molecule has 0 aromatic heterocycles. The molecule has 1 unspecified atom stereocenters. The number of ether oxygens (including phenoxy) is 1. The molecule has 15 heavy (non-hydrogen) atoms. The second-order valence-electron chi connectivity index (χ2n) is 3.11. The Morgan fingerprint density at radius 2 is 2.20 bits per heavy atom. The third-order valence-electron chi connectivity index (χ3n) is 2.12. The first-order valence-corrected chi connectivity index (χ1v) is 4.55. The fourth-order valence-electron chi connectivity index (χ4n) is 1.35. The maximum absolute atomic E-state index is 13.3. The van der Waals surface area contributed by atoms with Gasteiger partial charge in [0.1, 0.15) is 5.82 Å². The maximum Gasteiger partial charge on any atom is 0.166 e. The lowest BCUT2D eigenvalue weighted by Crippen LogP contribution is -2.08. The van der Waals surface area contributed by atoms with E-state index in [-0.39, 0.29) is 30.0 Å². The molecule has 1 aromatic rings. The summed E-state index contributed by atoms with van der Waals surface area (Å²) in [5.74, 6) is -0.921. The molecule has 1 aromatic carbocycles. The smallest absolute Gasteiger partial charge is 0.166 e. The summed E-state index contributed by atoms with van der Waals surface area (Å²) in [5, 5.41) is 19.2. The van der Waals surface area contributed by atoms with Crippen molar-refractivity contribution in [2.24, 2.45) is 5.73 Å². The Morgan fingerprint density at radius 3 is 2.73 bits per heavy atom. The molecule has 0 amide bonds. The van der Waals surface area contributed by atoms with Crippen LogP contribution in [-0.2, 0) is 0 Å². The topological polar surface area (TPSA) is 75.7 Å². The van der Waals surface area contributed by atoms with Crippen LogP contribution in [0.15, 0.2) is 12.1 Å². The molecule has 1 atom stereocenters. The first kappa shape index (κ1) is 11.7. The molecule has 0 spiro atoms. The molecule has 0 saturated heterocycles. The van der Waals surface area contributed by atoms with E-state index in [2.05, 4.69) is 0 Å². The highest BCUT2D eigenvalue weighted by molar-refractivity contribution is 5.47. The van der Waals surface area contributed by atoms with Gasteiger partial charge in [-0.05, 0) is 25.1 Å². The van der Waals surface area contributed by atoms with Crippen LogP contribution >= 0.6 is 0 Å². The van der Waals surface area contributed by atoms with E-state index < -0.39 is 11.9 Å². The van der Waals surface area contributed by atoms with Gasteiger partial charge in [0.25, 0.3) is 0 Å². The normalized spacial score (nSPS) is 12.5. The number of phenols is 1. The van der Waals surface area contributed by atoms with Crippen LogP contribution in [0.3, 0.4) is 0 Å². The molecule has 0 saturated carbocycles. The van der Waals surface area contributed by atoms with Gasteiger partial charge in [-0.15, -0.1) is 0 Å². The number of hydrogen-bond acceptors (Lipinski definition) is 4. The van der Waals surface area contributed by atoms with E-state index >= 15 is 0 Å². The largest absolute Gasteiger partial charge is 0.504 e. The molecular weight excluding hydrogens is 201 g/mol. The number of methoxy groups -OCH3 is 1. The molecule has 0 aliphatic rings. The molecule has 5 heteroatoms. The van der Waals surface area contributed by atoms with Crippen LogP contribution in [0, 0.1) is 5.82 Å². The van der Waals surface area contributed by atoms with Gasteiger partial charge >= 0.3 is 0 Å². The Hall–Kier alpha value is -1.33. The summed E-state index contributed by atoms with van der Waals surface area (Å²) in [5.41, 5.74) is 5.08. The average Bonchev–Trinajstić information content (AvgIpc) is 2.18. The summed E-state index contributed by atoms with van der Waals surface area (Å²) in [7, 11) is 1.35. The number of hydrogen-bond donors (Lipinski definition) is 3. The van der Waals surface area contributed by atoms with Crippen molar-refractivity contribution in [3.8, 4) is 11.5 Å². The molecule has 0 aliphatic heterocycles. The summed E-state index contributed by atoms with van der Waals surface area (Å²) in [6.07, 6.45) is -0.942. The second-order valence-corrected chi connectivity index (χ2v) is 3.11. The monoisotopic (exact) mass is 215 g/mol. The maximum atomic E-state index is 13.3. The van der Waals surface area contributed by atoms with Gasteiger partial charge in [0.05, 0.1) is 18.8 Å². The van der Waals surface area contributed by atoms with E-state index in [1.165, 1.54) is 13.2 Å². The zero-order valence-electron chi connectivity index (χ0n) is 8.40. The van der Waals surface area contributed by atoms with Crippen LogP contribution in [-0.4, -0.2) is 23.9 Å². The van der Waals surface area contributed by atoms with Crippen LogP contribution in [0.4, 0.5) is 4.39 Å². The van der Waals surface area contributed by atoms with E-state index in [9.17, 15) is 14.6 Å². The first-order chi connectivity index (χ1) is 7.11. The Morgan fingerprint density at radius 1 is 1.53 bits per heavy atom. The molecule has 0 radical (unpaired) electrons. The van der Waals surface area contributed by atoms with Crippen molar-refractivity contribution in [1.82, 2.24) is 0 Å². The van der Waals surface area contributed by atoms with E-state index in [0.717, 1.165) is 6.07 Å². The molecule has 1 rings (SSSR count). The minimum absolute atomic E-state index is 0.127. The van der Waals surface area contributed by atoms with Crippen molar-refractivity contribution in [3.05, 3.63) is 23.5 Å². The molecule has 4 N–H and O–H groups in total. The van der Waals surface area contributed by atoms with E-state index in [1.54, 1.807) is 0 Å². The SMILES string of the molecule is COc1ccc(F)c(C(O)CCN)c1O. The molecule has 0 fully saturated rings. The van der Waals surface area contributed by atoms with Crippen LogP contribution in [0.25, 0.3) is 0 Å². The number of aliphatic hydroxyl groups is 1. The number of halogens is 1. The van der Waals surface area contributed by atoms with Gasteiger partial charge in [-0.3, -0.25) is 0 Å². The number of benzene rings is 1. The molecule has 84 valence electrons. The third kappa shape index (κ3) is 2.37. The standard InChI is InChI=1S/C10H14FNO3/c1-15-8-3-2-6(11)9(10(8)14)7(13)4-5-12/h2-3,7,13-14H,4-5,12H2,1H3. The van der Waals surface area contributed by atoms with Gasteiger partial charge in [-0.25, -0.2) is 4.39 Å². The highest BCUT2D eigenvalue weighted by atomic mass is 19.1. The lowest BCUT2D eigenvalue weighted by atomic mass is 10.0. The number of nitrogens with two attached hydrogens (primary N) is 1. The third-order valence-corrected chi connectivity index (χ3v) is 2.12. The zero-order chi connectivity index (χ0) is 11.4. The minimum Gasteiger partial charge on any atom is -0.504 e. The number of rotatable bonds is 4. The zero-order valence-corrected chi connectivity index (χ0v) is 8.40. The first-order valence-electron chi connectivity index (χ1n) is 4.55. The molecule has 0 bridgehead atoms. The van der Waals surface area contributed by atoms with Crippen molar-refractivity contribution in [2.75, 3.05) is 13.7 Å². The highest BCUT2D eigenvalue weighted by Gasteiger charge is 2.19. The second kappa shape index (κ2) is 4.95. The molecular formula is C10H14FNO3. The van der Waals surface area contributed by atoms with Crippen LogP contribution in [0.5, 0.6) is 11.5 Å². The summed E-state index contributed by atoms with van der Waals surface area (Å²) in [6.45, 7) is 0.206. The Kier molecular flexibility index (Phi) is 3.88. The average molecular weight is 215 g/mol. The van der Waals surface area contributed by atoms with Gasteiger partial charge < -0.3 is 20.7 Å². The van der Waals surface area contributed by atoms with Crippen molar-refractivity contribution < 1.29 is 19.3 Å². The molecule has 0 heterocycles. The van der Waals surface area contributed by atoms with Gasteiger partial charge in [0, 0.05) is 0 Å². The van der Waals surface area contributed by atoms with Gasteiger partial charge in [-0.2, -0.15) is 0 Å². The van der Waals surface area contributed by atoms with Crippen molar-refractivity contribution in [1.29, 1.82) is 0 Å². The van der Waals surface area contributed by atoms with Crippen LogP contribution in [0.1, 0.15) is 18.1 Å². The van der Waals surface area contributed by atoms with E-state index in [4.69, 9.17) is 10.5 Å². The number of aromatic hydroxyl groups is 1. The lowest BCUT2D eigenvalue weighted by Gasteiger charge is -2.14. The quantitative estimate of drug-likeness (QED) is 0.698. The number of phenolic OH excluding ortho intramolecular Hbond substituents is 1. The van der Waals surface area contributed by atoms with Gasteiger partial charge in [0.15, 0.2) is 11.5 Å². The summed E-state index contributed by atoms with van der Waals surface area (Å²) < 4.78 is 18.1. The Bertz CT molecular complexity index is 344. The van der Waals surface area contributed by atoms with Crippen molar-refractivity contribution in [3.63, 3.8) is 0 Å². The predicted octanol–water partition coefficient (Wildman–Crippen LogP) is 0.922. The van der Waals surface area contributed by atoms with Crippen molar-refractivity contribution >= 4 is 0 Å². The fraction of sp³-hybridized carbons (Fsp3) is 0.400.